The van der Waals surface area contributed by atoms with Crippen LogP contribution in [-0.4, -0.2) is 11.0 Å². The molecule has 0 radical (unpaired) electrons. The third kappa shape index (κ3) is 4.31. The lowest BCUT2D eigenvalue weighted by molar-refractivity contribution is 0.233. The average Bonchev–Trinajstić information content (AvgIpc) is 2.17. The fourth-order valence-electron chi connectivity index (χ4n) is 1.71. The van der Waals surface area contributed by atoms with Gasteiger partial charge in [-0.1, -0.05) is 27.7 Å². The van der Waals surface area contributed by atoms with Crippen LogP contribution in [0, 0.1) is 11.3 Å². The Bertz CT molecular complexity index is 300. The van der Waals surface area contributed by atoms with E-state index in [1.165, 1.54) is 5.56 Å². The van der Waals surface area contributed by atoms with Crippen LogP contribution in [-0.2, 0) is 6.42 Å². The Hall–Kier alpha value is -0.890. The number of nitrogens with zero attached hydrogens (tertiary/aromatic N) is 1. The van der Waals surface area contributed by atoms with Gasteiger partial charge in [-0.3, -0.25) is 4.98 Å². The highest BCUT2D eigenvalue weighted by atomic mass is 14.6. The molecule has 0 saturated heterocycles. The lowest BCUT2D eigenvalue weighted by atomic mass is 9.78. The van der Waals surface area contributed by atoms with Crippen molar-refractivity contribution in [3.05, 3.63) is 30.1 Å². The van der Waals surface area contributed by atoms with Crippen LogP contribution in [0.5, 0.6) is 0 Å². The summed E-state index contributed by atoms with van der Waals surface area (Å²) in [5, 5.41) is 0. The summed E-state index contributed by atoms with van der Waals surface area (Å²) >= 11 is 0. The Morgan fingerprint density at radius 3 is 2.31 bits per heavy atom. The highest BCUT2D eigenvalue weighted by molar-refractivity contribution is 5.11. The molecule has 2 nitrogen and oxygen atoms in total. The maximum Gasteiger partial charge on any atom is 0.0270 e. The van der Waals surface area contributed by atoms with Crippen molar-refractivity contribution < 1.29 is 0 Å². The topological polar surface area (TPSA) is 38.9 Å². The SMILES string of the molecule is CC(CC(N)Cc1ccncc1)C(C)(C)C. The second kappa shape index (κ2) is 5.44. The molecule has 90 valence electrons. The maximum atomic E-state index is 6.18. The summed E-state index contributed by atoms with van der Waals surface area (Å²) in [4.78, 5) is 4.01. The highest BCUT2D eigenvalue weighted by Crippen LogP contribution is 2.29. The van der Waals surface area contributed by atoms with Gasteiger partial charge in [0.15, 0.2) is 0 Å². The van der Waals surface area contributed by atoms with E-state index in [1.807, 2.05) is 24.5 Å². The Kier molecular flexibility index (Phi) is 4.48. The number of nitrogens with two attached hydrogens (primary N) is 1. The Labute approximate surface area is 99.3 Å². The molecule has 16 heavy (non-hydrogen) atoms. The molecule has 0 aliphatic rings. The molecular weight excluding hydrogens is 196 g/mol. The van der Waals surface area contributed by atoms with Gasteiger partial charge in [0.2, 0.25) is 0 Å². The quantitative estimate of drug-likeness (QED) is 0.847. The Morgan fingerprint density at radius 2 is 1.81 bits per heavy atom. The van der Waals surface area contributed by atoms with Crippen LogP contribution in [0.2, 0.25) is 0 Å². The molecule has 0 bridgehead atoms. The van der Waals surface area contributed by atoms with Crippen LogP contribution < -0.4 is 5.73 Å². The smallest absolute Gasteiger partial charge is 0.0270 e. The van der Waals surface area contributed by atoms with Gasteiger partial charge in [0.05, 0.1) is 0 Å². The van der Waals surface area contributed by atoms with Crippen LogP contribution in [0.1, 0.15) is 39.7 Å². The van der Waals surface area contributed by atoms with Crippen molar-refractivity contribution in [2.45, 2.75) is 46.6 Å². The van der Waals surface area contributed by atoms with Crippen molar-refractivity contribution in [3.8, 4) is 0 Å². The first kappa shape index (κ1) is 13.2. The molecule has 2 atom stereocenters. The van der Waals surface area contributed by atoms with Crippen molar-refractivity contribution in [2.24, 2.45) is 17.1 Å². The lowest BCUT2D eigenvalue weighted by Gasteiger charge is -2.29. The third-order valence-electron chi connectivity index (χ3n) is 3.38. The third-order valence-corrected chi connectivity index (χ3v) is 3.38. The first-order valence-electron chi connectivity index (χ1n) is 6.04. The number of hydrogen-bond acceptors (Lipinski definition) is 2. The summed E-state index contributed by atoms with van der Waals surface area (Å²) < 4.78 is 0. The predicted molar refractivity (Wildman–Crippen MR) is 69.2 cm³/mol. The molecule has 0 saturated carbocycles. The zero-order valence-corrected chi connectivity index (χ0v) is 10.9. The molecule has 0 aliphatic heterocycles. The van der Waals surface area contributed by atoms with Crippen molar-refractivity contribution in [3.63, 3.8) is 0 Å². The van der Waals surface area contributed by atoms with Crippen molar-refractivity contribution in [1.82, 2.24) is 4.98 Å². The van der Waals surface area contributed by atoms with Crippen LogP contribution >= 0.6 is 0 Å². The van der Waals surface area contributed by atoms with Gasteiger partial charge in [-0.05, 0) is 41.9 Å². The van der Waals surface area contributed by atoms with E-state index in [0.717, 1.165) is 12.8 Å². The summed E-state index contributed by atoms with van der Waals surface area (Å²) in [5.41, 5.74) is 7.81. The van der Waals surface area contributed by atoms with E-state index in [1.54, 1.807) is 0 Å². The van der Waals surface area contributed by atoms with Gasteiger partial charge in [-0.15, -0.1) is 0 Å². The van der Waals surface area contributed by atoms with E-state index < -0.39 is 0 Å². The minimum absolute atomic E-state index is 0.247. The average molecular weight is 220 g/mol. The number of hydrogen-bond donors (Lipinski definition) is 1. The standard InChI is InChI=1S/C14H24N2/c1-11(14(2,3)4)9-13(15)10-12-5-7-16-8-6-12/h5-8,11,13H,9-10,15H2,1-4H3. The van der Waals surface area contributed by atoms with E-state index >= 15 is 0 Å². The summed E-state index contributed by atoms with van der Waals surface area (Å²) in [6.07, 6.45) is 5.68. The van der Waals surface area contributed by atoms with E-state index in [4.69, 9.17) is 5.73 Å². The first-order valence-corrected chi connectivity index (χ1v) is 6.04. The summed E-state index contributed by atoms with van der Waals surface area (Å²) in [6.45, 7) is 9.11. The molecule has 0 aliphatic carbocycles. The van der Waals surface area contributed by atoms with Gasteiger partial charge in [0.25, 0.3) is 0 Å². The van der Waals surface area contributed by atoms with Crippen molar-refractivity contribution in [2.75, 3.05) is 0 Å². The Balaban J connectivity index is 2.45. The molecule has 1 heterocycles. The fourth-order valence-corrected chi connectivity index (χ4v) is 1.71. The molecule has 1 aromatic rings. The molecule has 2 unspecified atom stereocenters. The monoisotopic (exact) mass is 220 g/mol. The molecular formula is C14H24N2. The zero-order valence-electron chi connectivity index (χ0n) is 10.9. The minimum Gasteiger partial charge on any atom is -0.327 e. The summed E-state index contributed by atoms with van der Waals surface area (Å²) in [6, 6.07) is 4.33. The number of aromatic nitrogens is 1. The largest absolute Gasteiger partial charge is 0.327 e. The Morgan fingerprint density at radius 1 is 1.25 bits per heavy atom. The van der Waals surface area contributed by atoms with E-state index in [-0.39, 0.29) is 6.04 Å². The van der Waals surface area contributed by atoms with Gasteiger partial charge in [-0.25, -0.2) is 0 Å². The molecule has 2 heteroatoms. The molecule has 0 spiro atoms. The first-order chi connectivity index (χ1) is 7.39. The normalized spacial score (nSPS) is 15.8. The highest BCUT2D eigenvalue weighted by Gasteiger charge is 2.22. The van der Waals surface area contributed by atoms with Gasteiger partial charge >= 0.3 is 0 Å². The minimum atomic E-state index is 0.247. The molecule has 0 aromatic carbocycles. The van der Waals surface area contributed by atoms with Crippen LogP contribution in [0.4, 0.5) is 0 Å². The second-order valence-corrected chi connectivity index (χ2v) is 5.82. The predicted octanol–water partition coefficient (Wildman–Crippen LogP) is 3.02. The molecule has 1 rings (SSSR count). The van der Waals surface area contributed by atoms with Crippen molar-refractivity contribution in [1.29, 1.82) is 0 Å². The molecule has 1 aromatic heterocycles. The summed E-state index contributed by atoms with van der Waals surface area (Å²) in [7, 11) is 0. The van der Waals surface area contributed by atoms with Crippen LogP contribution in [0.15, 0.2) is 24.5 Å². The molecule has 0 amide bonds. The molecule has 0 fully saturated rings. The van der Waals surface area contributed by atoms with Crippen LogP contribution in [0.3, 0.4) is 0 Å². The van der Waals surface area contributed by atoms with Gasteiger partial charge in [0.1, 0.15) is 0 Å². The van der Waals surface area contributed by atoms with E-state index in [0.29, 0.717) is 11.3 Å². The second-order valence-electron chi connectivity index (χ2n) is 5.82. The lowest BCUT2D eigenvalue weighted by Crippen LogP contribution is -2.30. The maximum absolute atomic E-state index is 6.18. The fraction of sp³-hybridized carbons (Fsp3) is 0.643. The molecule has 2 N–H and O–H groups in total. The van der Waals surface area contributed by atoms with Crippen LogP contribution in [0.25, 0.3) is 0 Å². The van der Waals surface area contributed by atoms with Gasteiger partial charge in [0, 0.05) is 18.4 Å². The number of pyridine rings is 1. The summed E-state index contributed by atoms with van der Waals surface area (Å²) in [5.74, 6) is 0.643. The van der Waals surface area contributed by atoms with E-state index in [9.17, 15) is 0 Å². The zero-order chi connectivity index (χ0) is 12.2. The number of rotatable bonds is 4. The van der Waals surface area contributed by atoms with Gasteiger partial charge < -0.3 is 5.73 Å². The van der Waals surface area contributed by atoms with Gasteiger partial charge in [-0.2, -0.15) is 0 Å². The van der Waals surface area contributed by atoms with E-state index in [2.05, 4.69) is 32.7 Å². The van der Waals surface area contributed by atoms with Crippen molar-refractivity contribution >= 4 is 0 Å².